The number of nitrogens with zero attached hydrogens (tertiary/aromatic N) is 1. The minimum Gasteiger partial charge on any atom is -0.454 e. The molecule has 2 aromatic carbocycles. The first-order valence-corrected chi connectivity index (χ1v) is 9.11. The Kier molecular flexibility index (Phi) is 5.52. The molecule has 25 heavy (non-hydrogen) atoms. The molecule has 1 N–H and O–H groups in total. The van der Waals surface area contributed by atoms with Crippen LogP contribution >= 0.6 is 23.2 Å². The molecule has 0 atom stereocenters. The van der Waals surface area contributed by atoms with E-state index in [4.69, 9.17) is 27.6 Å². The minimum absolute atomic E-state index is 0.110. The molecule has 0 aliphatic heterocycles. The van der Waals surface area contributed by atoms with Crippen molar-refractivity contribution in [2.75, 3.05) is 31.5 Å². The third-order valence-corrected chi connectivity index (χ3v) is 4.87. The van der Waals surface area contributed by atoms with Gasteiger partial charge in [0.05, 0.1) is 21.5 Å². The van der Waals surface area contributed by atoms with Crippen LogP contribution in [-0.4, -0.2) is 31.1 Å². The number of para-hydroxylation sites is 1. The van der Waals surface area contributed by atoms with Crippen LogP contribution in [0.4, 0.5) is 5.69 Å². The van der Waals surface area contributed by atoms with Crippen molar-refractivity contribution in [2.45, 2.75) is 13.8 Å². The zero-order valence-corrected chi connectivity index (χ0v) is 15.7. The van der Waals surface area contributed by atoms with Crippen molar-refractivity contribution in [3.63, 3.8) is 0 Å². The lowest BCUT2D eigenvalue weighted by Gasteiger charge is -2.19. The Morgan fingerprint density at radius 3 is 2.64 bits per heavy atom. The second-order valence-corrected chi connectivity index (χ2v) is 6.67. The standard InChI is InChI=1S/C19H20Cl2N2O2/c1-3-23(4-2)9-8-22-15-10-12(20)11-16-17(15)18(24)13-6-5-7-14(21)19(13)25-16/h5-7,10-11,22H,3-4,8-9H2,1-2H3. The minimum atomic E-state index is -0.110. The third kappa shape index (κ3) is 3.61. The maximum atomic E-state index is 13.0. The Labute approximate surface area is 156 Å². The Hall–Kier alpha value is -1.75. The summed E-state index contributed by atoms with van der Waals surface area (Å²) < 4.78 is 5.88. The van der Waals surface area contributed by atoms with Gasteiger partial charge in [-0.1, -0.05) is 43.1 Å². The number of hydrogen-bond acceptors (Lipinski definition) is 4. The molecular weight excluding hydrogens is 359 g/mol. The molecule has 0 aliphatic carbocycles. The molecule has 0 fully saturated rings. The van der Waals surface area contributed by atoms with Gasteiger partial charge in [0, 0.05) is 24.2 Å². The van der Waals surface area contributed by atoms with Gasteiger partial charge in [0.1, 0.15) is 5.58 Å². The number of halogens is 2. The third-order valence-electron chi connectivity index (χ3n) is 4.36. The molecular formula is C19H20Cl2N2O2. The Bertz CT molecular complexity index is 965. The van der Waals surface area contributed by atoms with Gasteiger partial charge in [-0.05, 0) is 31.3 Å². The fraction of sp³-hybridized carbons (Fsp3) is 0.316. The smallest absolute Gasteiger partial charge is 0.202 e. The van der Waals surface area contributed by atoms with Crippen LogP contribution in [0.1, 0.15) is 13.8 Å². The van der Waals surface area contributed by atoms with Crippen molar-refractivity contribution in [3.8, 4) is 0 Å². The lowest BCUT2D eigenvalue weighted by molar-refractivity contribution is 0.316. The van der Waals surface area contributed by atoms with Crippen LogP contribution in [-0.2, 0) is 0 Å². The highest BCUT2D eigenvalue weighted by Crippen LogP contribution is 2.30. The van der Waals surface area contributed by atoms with Crippen molar-refractivity contribution in [2.24, 2.45) is 0 Å². The van der Waals surface area contributed by atoms with E-state index < -0.39 is 0 Å². The van der Waals surface area contributed by atoms with E-state index in [9.17, 15) is 4.79 Å². The fourth-order valence-electron chi connectivity index (χ4n) is 2.96. The topological polar surface area (TPSA) is 45.5 Å². The lowest BCUT2D eigenvalue weighted by atomic mass is 10.1. The first-order valence-electron chi connectivity index (χ1n) is 8.36. The van der Waals surface area contributed by atoms with Crippen LogP contribution in [0, 0.1) is 0 Å². The Morgan fingerprint density at radius 1 is 1.16 bits per heavy atom. The molecule has 3 rings (SSSR count). The monoisotopic (exact) mass is 378 g/mol. The van der Waals surface area contributed by atoms with Gasteiger partial charge in [0.2, 0.25) is 5.43 Å². The molecule has 3 aromatic rings. The van der Waals surface area contributed by atoms with Crippen LogP contribution in [0.15, 0.2) is 39.5 Å². The van der Waals surface area contributed by atoms with Gasteiger partial charge in [-0.15, -0.1) is 0 Å². The van der Waals surface area contributed by atoms with E-state index >= 15 is 0 Å². The van der Waals surface area contributed by atoms with Gasteiger partial charge < -0.3 is 14.6 Å². The number of hydrogen-bond donors (Lipinski definition) is 1. The summed E-state index contributed by atoms with van der Waals surface area (Å²) in [6.07, 6.45) is 0. The number of rotatable bonds is 6. The highest BCUT2D eigenvalue weighted by molar-refractivity contribution is 6.35. The molecule has 4 nitrogen and oxygen atoms in total. The van der Waals surface area contributed by atoms with Crippen LogP contribution < -0.4 is 10.7 Å². The molecule has 0 aliphatic rings. The van der Waals surface area contributed by atoms with Crippen LogP contribution in [0.25, 0.3) is 21.9 Å². The van der Waals surface area contributed by atoms with Crippen molar-refractivity contribution in [1.82, 2.24) is 4.90 Å². The molecule has 0 bridgehead atoms. The lowest BCUT2D eigenvalue weighted by Crippen LogP contribution is -2.28. The fourth-order valence-corrected chi connectivity index (χ4v) is 3.38. The first-order chi connectivity index (χ1) is 12.0. The molecule has 1 aromatic heterocycles. The van der Waals surface area contributed by atoms with E-state index in [2.05, 4.69) is 24.1 Å². The van der Waals surface area contributed by atoms with Crippen molar-refractivity contribution >= 4 is 50.8 Å². The maximum Gasteiger partial charge on any atom is 0.202 e. The number of anilines is 1. The number of fused-ring (bicyclic) bond motifs is 2. The number of likely N-dealkylation sites (N-methyl/N-ethyl adjacent to an activating group) is 1. The summed E-state index contributed by atoms with van der Waals surface area (Å²) in [5, 5.41) is 5.21. The second-order valence-electron chi connectivity index (χ2n) is 5.83. The van der Waals surface area contributed by atoms with Crippen molar-refractivity contribution in [3.05, 3.63) is 50.6 Å². The average Bonchev–Trinajstić information content (AvgIpc) is 2.59. The summed E-state index contributed by atoms with van der Waals surface area (Å²) in [5.74, 6) is 0. The van der Waals surface area contributed by atoms with Gasteiger partial charge in [-0.2, -0.15) is 0 Å². The summed E-state index contributed by atoms with van der Waals surface area (Å²) in [4.78, 5) is 15.3. The predicted octanol–water partition coefficient (Wildman–Crippen LogP) is 5.01. The highest BCUT2D eigenvalue weighted by Gasteiger charge is 2.14. The van der Waals surface area contributed by atoms with Gasteiger partial charge in [0.25, 0.3) is 0 Å². The first kappa shape index (κ1) is 18.1. The molecule has 0 spiro atoms. The zero-order valence-electron chi connectivity index (χ0n) is 14.2. The Morgan fingerprint density at radius 2 is 1.92 bits per heavy atom. The molecule has 0 saturated heterocycles. The van der Waals surface area contributed by atoms with Crippen molar-refractivity contribution < 1.29 is 4.42 Å². The molecule has 6 heteroatoms. The van der Waals surface area contributed by atoms with E-state index in [-0.39, 0.29) is 5.43 Å². The summed E-state index contributed by atoms with van der Waals surface area (Å²) in [6, 6.07) is 8.58. The van der Waals surface area contributed by atoms with E-state index in [1.54, 1.807) is 30.3 Å². The quantitative estimate of drug-likeness (QED) is 0.612. The van der Waals surface area contributed by atoms with Gasteiger partial charge in [-0.25, -0.2) is 0 Å². The zero-order chi connectivity index (χ0) is 18.0. The number of benzene rings is 2. The predicted molar refractivity (Wildman–Crippen MR) is 106 cm³/mol. The van der Waals surface area contributed by atoms with E-state index in [0.29, 0.717) is 44.2 Å². The van der Waals surface area contributed by atoms with E-state index in [1.165, 1.54) is 0 Å². The highest BCUT2D eigenvalue weighted by atomic mass is 35.5. The molecule has 132 valence electrons. The van der Waals surface area contributed by atoms with Gasteiger partial charge >= 0.3 is 0 Å². The van der Waals surface area contributed by atoms with Crippen LogP contribution in [0.3, 0.4) is 0 Å². The summed E-state index contributed by atoms with van der Waals surface area (Å²) in [6.45, 7) is 7.82. The van der Waals surface area contributed by atoms with Gasteiger partial charge in [0.15, 0.2) is 5.58 Å². The van der Waals surface area contributed by atoms with Crippen LogP contribution in [0.2, 0.25) is 10.0 Å². The average molecular weight is 379 g/mol. The summed E-state index contributed by atoms with van der Waals surface area (Å²) in [7, 11) is 0. The molecule has 0 amide bonds. The summed E-state index contributed by atoms with van der Waals surface area (Å²) >= 11 is 12.4. The van der Waals surface area contributed by atoms with Gasteiger partial charge in [-0.3, -0.25) is 4.79 Å². The van der Waals surface area contributed by atoms with Crippen molar-refractivity contribution in [1.29, 1.82) is 0 Å². The molecule has 0 unspecified atom stereocenters. The normalized spacial score (nSPS) is 11.6. The second kappa shape index (κ2) is 7.65. The van der Waals surface area contributed by atoms with E-state index in [0.717, 1.165) is 19.6 Å². The SMILES string of the molecule is CCN(CC)CCNc1cc(Cl)cc2oc3c(Cl)cccc3c(=O)c12. The summed E-state index contributed by atoms with van der Waals surface area (Å²) in [5.41, 5.74) is 1.40. The molecule has 0 saturated carbocycles. The molecule has 0 radical (unpaired) electrons. The maximum absolute atomic E-state index is 13.0. The molecule has 1 heterocycles. The largest absolute Gasteiger partial charge is 0.454 e. The Balaban J connectivity index is 2.08. The van der Waals surface area contributed by atoms with E-state index in [1.807, 2.05) is 0 Å². The van der Waals surface area contributed by atoms with Crippen LogP contribution in [0.5, 0.6) is 0 Å². The number of nitrogens with one attached hydrogen (secondary N) is 1.